The van der Waals surface area contributed by atoms with Crippen LogP contribution in [0.1, 0.15) is 40.7 Å². The highest BCUT2D eigenvalue weighted by Gasteiger charge is 2.56. The van der Waals surface area contributed by atoms with Gasteiger partial charge in [-0.05, 0) is 53.9 Å². The first-order chi connectivity index (χ1) is 28.0. The molecule has 15 nitrogen and oxygen atoms in total. The quantitative estimate of drug-likeness (QED) is 0.211. The summed E-state index contributed by atoms with van der Waals surface area (Å²) in [4.78, 5) is 49.6. The van der Waals surface area contributed by atoms with Gasteiger partial charge in [0.15, 0.2) is 23.1 Å². The Balaban J connectivity index is 0.841. The van der Waals surface area contributed by atoms with Crippen LogP contribution in [0.5, 0.6) is 17.4 Å². The molecular formula is C40H40F3N9O6. The van der Waals surface area contributed by atoms with Gasteiger partial charge in [0, 0.05) is 81.7 Å². The Bertz CT molecular complexity index is 2310. The number of carbonyl (C=O) groups excluding carboxylic acids is 3. The molecule has 18 heteroatoms. The molecule has 302 valence electrons. The lowest BCUT2D eigenvalue weighted by molar-refractivity contribution is -0.136. The van der Waals surface area contributed by atoms with Crippen molar-refractivity contribution in [3.63, 3.8) is 0 Å². The smallest absolute Gasteiger partial charge is 0.263 e. The van der Waals surface area contributed by atoms with Crippen molar-refractivity contribution in [3.8, 4) is 28.6 Å². The zero-order valence-electron chi connectivity index (χ0n) is 31.5. The normalized spacial score (nSPS) is 23.1. The first kappa shape index (κ1) is 37.4. The number of phenolic OH excluding ortho intramolecular Hbond substituents is 1. The van der Waals surface area contributed by atoms with E-state index < -0.39 is 41.6 Å². The summed E-state index contributed by atoms with van der Waals surface area (Å²) in [6.45, 7) is 3.79. The Morgan fingerprint density at radius 2 is 1.86 bits per heavy atom. The van der Waals surface area contributed by atoms with Crippen LogP contribution in [-0.2, 0) is 22.7 Å². The lowest BCUT2D eigenvalue weighted by Gasteiger charge is -2.43. The zero-order chi connectivity index (χ0) is 40.3. The number of hydrogen-bond acceptors (Lipinski definition) is 13. The Morgan fingerprint density at radius 1 is 1.03 bits per heavy atom. The molecule has 7 heterocycles. The van der Waals surface area contributed by atoms with Gasteiger partial charge in [0.1, 0.15) is 17.7 Å². The first-order valence-corrected chi connectivity index (χ1v) is 19.1. The molecule has 0 spiro atoms. The number of imide groups is 1. The number of aromatic nitrogens is 3. The van der Waals surface area contributed by atoms with Crippen LogP contribution in [0.15, 0.2) is 54.7 Å². The van der Waals surface area contributed by atoms with Crippen molar-refractivity contribution in [2.45, 2.75) is 56.5 Å². The third-order valence-electron chi connectivity index (χ3n) is 11.8. The number of anilines is 3. The second-order valence-corrected chi connectivity index (χ2v) is 15.3. The maximum absolute atomic E-state index is 15.0. The van der Waals surface area contributed by atoms with Gasteiger partial charge in [-0.1, -0.05) is 12.1 Å². The Hall–Kier alpha value is -6.17. The molecule has 9 rings (SSSR count). The number of rotatable bonds is 9. The highest BCUT2D eigenvalue weighted by molar-refractivity contribution is 6.05. The van der Waals surface area contributed by atoms with Crippen molar-refractivity contribution in [2.75, 3.05) is 61.5 Å². The molecule has 3 amide bonds. The lowest BCUT2D eigenvalue weighted by atomic mass is 9.93. The SMILES string of the molecule is COc1cc(CN2CCN(c3ccc4c(c3)C(=O)N(C3CCC(=O)NC3=O)C4)CC2)cnc1O[C@H]1CN2c3cc(-c4cccc(F)c4O)nnc3NC[C@]2(C(F)F)C1. The highest BCUT2D eigenvalue weighted by Crippen LogP contribution is 2.47. The fourth-order valence-electron chi connectivity index (χ4n) is 8.74. The van der Waals surface area contributed by atoms with Gasteiger partial charge in [0.25, 0.3) is 18.2 Å². The Kier molecular flexibility index (Phi) is 9.45. The summed E-state index contributed by atoms with van der Waals surface area (Å²) in [5.74, 6) is -1.56. The molecule has 5 aliphatic heterocycles. The number of alkyl halides is 2. The first-order valence-electron chi connectivity index (χ1n) is 19.1. The largest absolute Gasteiger partial charge is 0.504 e. The van der Waals surface area contributed by atoms with E-state index in [9.17, 15) is 32.7 Å². The minimum Gasteiger partial charge on any atom is -0.504 e. The lowest BCUT2D eigenvalue weighted by Crippen LogP contribution is -2.57. The number of piperidine rings is 1. The van der Waals surface area contributed by atoms with Crippen molar-refractivity contribution in [1.29, 1.82) is 0 Å². The van der Waals surface area contributed by atoms with E-state index in [0.717, 1.165) is 36.0 Å². The van der Waals surface area contributed by atoms with Crippen LogP contribution in [0, 0.1) is 5.82 Å². The molecule has 0 radical (unpaired) electrons. The summed E-state index contributed by atoms with van der Waals surface area (Å²) in [6.07, 6.45) is -1.28. The number of benzene rings is 2. The number of fused-ring (bicyclic) bond motifs is 4. The van der Waals surface area contributed by atoms with E-state index in [-0.39, 0.29) is 54.9 Å². The second-order valence-electron chi connectivity index (χ2n) is 15.3. The summed E-state index contributed by atoms with van der Waals surface area (Å²) in [5.41, 5.74) is 2.17. The minimum atomic E-state index is -2.76. The number of nitrogens with zero attached hydrogens (tertiary/aromatic N) is 7. The molecule has 0 aliphatic carbocycles. The van der Waals surface area contributed by atoms with Crippen LogP contribution in [0.3, 0.4) is 0 Å². The number of hydrogen-bond donors (Lipinski definition) is 3. The van der Waals surface area contributed by atoms with Crippen molar-refractivity contribution in [2.24, 2.45) is 0 Å². The third kappa shape index (κ3) is 6.54. The fraction of sp³-hybridized carbons (Fsp3) is 0.400. The van der Waals surface area contributed by atoms with E-state index in [1.54, 1.807) is 16.0 Å². The number of amides is 3. The summed E-state index contributed by atoms with van der Waals surface area (Å²) in [6, 6.07) is 12.5. The Labute approximate surface area is 330 Å². The topological polar surface area (TPSA) is 166 Å². The molecule has 58 heavy (non-hydrogen) atoms. The zero-order valence-corrected chi connectivity index (χ0v) is 31.5. The monoisotopic (exact) mass is 799 g/mol. The van der Waals surface area contributed by atoms with Gasteiger partial charge in [-0.25, -0.2) is 18.2 Å². The predicted octanol–water partition coefficient (Wildman–Crippen LogP) is 3.56. The molecule has 1 unspecified atom stereocenters. The second kappa shape index (κ2) is 14.6. The van der Waals surface area contributed by atoms with E-state index in [1.807, 2.05) is 24.3 Å². The summed E-state index contributed by atoms with van der Waals surface area (Å²) >= 11 is 0. The standard InChI is InChI=1S/C40H40F3N9O6/c1-57-32-13-22(18-49-9-11-50(12-10-49)24-6-5-23-19-51(38(56)27(23)14-24)30-7-8-33(53)46-36(30)55)17-44-37(32)58-25-16-40(39(42)43)21-45-35-31(52(40)20-25)15-29(47-48-35)26-3-2-4-28(41)34(26)54/h2-6,13-15,17,25,30,39,54H,7-12,16,18-21H2,1H3,(H,45,48)(H,46,53,55)/t25-,30?,40+/m1/s1. The molecule has 2 aromatic heterocycles. The third-order valence-corrected chi connectivity index (χ3v) is 11.8. The van der Waals surface area contributed by atoms with Gasteiger partial charge < -0.3 is 34.6 Å². The number of piperazine rings is 1. The number of nitrogens with one attached hydrogen (secondary N) is 2. The number of halogens is 3. The molecule has 3 fully saturated rings. The molecule has 3 N–H and O–H groups in total. The van der Waals surface area contributed by atoms with E-state index in [1.165, 1.54) is 25.3 Å². The van der Waals surface area contributed by atoms with Crippen LogP contribution in [0.25, 0.3) is 11.3 Å². The molecule has 3 atom stereocenters. The molecule has 0 bridgehead atoms. The van der Waals surface area contributed by atoms with Gasteiger partial charge in [0.2, 0.25) is 11.8 Å². The van der Waals surface area contributed by atoms with Crippen LogP contribution in [0.4, 0.5) is 30.4 Å². The van der Waals surface area contributed by atoms with Crippen molar-refractivity contribution < 1.29 is 42.1 Å². The number of methoxy groups -OCH3 is 1. The minimum absolute atomic E-state index is 0.0344. The number of carbonyl (C=O) groups is 3. The van der Waals surface area contributed by atoms with Crippen LogP contribution >= 0.6 is 0 Å². The molecule has 3 saturated heterocycles. The van der Waals surface area contributed by atoms with E-state index in [0.29, 0.717) is 55.4 Å². The molecule has 4 aromatic rings. The van der Waals surface area contributed by atoms with Crippen LogP contribution in [0.2, 0.25) is 0 Å². The van der Waals surface area contributed by atoms with Gasteiger partial charge in [0.05, 0.1) is 25.0 Å². The van der Waals surface area contributed by atoms with E-state index >= 15 is 0 Å². The van der Waals surface area contributed by atoms with Crippen molar-refractivity contribution >= 4 is 34.9 Å². The fourth-order valence-corrected chi connectivity index (χ4v) is 8.74. The van der Waals surface area contributed by atoms with E-state index in [2.05, 4.69) is 35.6 Å². The maximum atomic E-state index is 15.0. The van der Waals surface area contributed by atoms with Crippen LogP contribution in [-0.4, -0.2) is 118 Å². The molecule has 0 saturated carbocycles. The number of ether oxygens (including phenoxy) is 2. The number of pyridine rings is 1. The summed E-state index contributed by atoms with van der Waals surface area (Å²) in [5, 5.41) is 23.9. The van der Waals surface area contributed by atoms with Gasteiger partial charge >= 0.3 is 0 Å². The van der Waals surface area contributed by atoms with E-state index in [4.69, 9.17) is 9.47 Å². The highest BCUT2D eigenvalue weighted by atomic mass is 19.3. The average molecular weight is 800 g/mol. The van der Waals surface area contributed by atoms with Gasteiger partial charge in [-0.2, -0.15) is 0 Å². The summed E-state index contributed by atoms with van der Waals surface area (Å²) < 4.78 is 56.1. The van der Waals surface area contributed by atoms with Gasteiger partial charge in [-0.15, -0.1) is 10.2 Å². The maximum Gasteiger partial charge on any atom is 0.263 e. The summed E-state index contributed by atoms with van der Waals surface area (Å²) in [7, 11) is 1.50. The number of para-hydroxylation sites is 1. The van der Waals surface area contributed by atoms with Crippen LogP contribution < -0.4 is 29.9 Å². The molecule has 2 aromatic carbocycles. The van der Waals surface area contributed by atoms with Crippen molar-refractivity contribution in [3.05, 3.63) is 77.2 Å². The molecular weight excluding hydrogens is 759 g/mol. The molecule has 5 aliphatic rings. The number of aromatic hydroxyl groups is 1. The predicted molar refractivity (Wildman–Crippen MR) is 203 cm³/mol. The van der Waals surface area contributed by atoms with Gasteiger partial charge in [-0.3, -0.25) is 24.6 Å². The average Bonchev–Trinajstić information content (AvgIpc) is 3.77. The number of phenols is 1. The van der Waals surface area contributed by atoms with Crippen molar-refractivity contribution in [1.82, 2.24) is 30.3 Å². The Morgan fingerprint density at radius 3 is 2.64 bits per heavy atom.